The number of nitrogens with one attached hydrogen (secondary N) is 2. The minimum Gasteiger partial charge on any atom is -0.496 e. The zero-order valence-corrected chi connectivity index (χ0v) is 18.6. The van der Waals surface area contributed by atoms with Crippen LogP contribution >= 0.6 is 11.8 Å². The van der Waals surface area contributed by atoms with Crippen LogP contribution in [0.1, 0.15) is 23.1 Å². The lowest BCUT2D eigenvalue weighted by molar-refractivity contribution is -0.121. The fourth-order valence-electron chi connectivity index (χ4n) is 3.40. The van der Waals surface area contributed by atoms with Crippen LogP contribution in [-0.4, -0.2) is 29.2 Å². The molecule has 4 aromatic rings. The van der Waals surface area contributed by atoms with Gasteiger partial charge in [0.2, 0.25) is 5.91 Å². The second-order valence-electron chi connectivity index (χ2n) is 7.18. The Kier molecular flexibility index (Phi) is 7.19. The maximum absolute atomic E-state index is 12.2. The molecule has 0 aliphatic carbocycles. The molecule has 32 heavy (non-hydrogen) atoms. The van der Waals surface area contributed by atoms with E-state index in [1.54, 1.807) is 31.3 Å². The van der Waals surface area contributed by atoms with Crippen LogP contribution in [0, 0.1) is 0 Å². The quantitative estimate of drug-likeness (QED) is 0.218. The molecule has 0 atom stereocenters. The topological polar surface area (TPSA) is 79.4 Å². The molecule has 7 heteroatoms. The summed E-state index contributed by atoms with van der Waals surface area (Å²) in [5.41, 5.74) is 6.76. The first-order valence-corrected chi connectivity index (χ1v) is 11.3. The number of ether oxygens (including phenoxy) is 1. The minimum absolute atomic E-state index is 0.119. The van der Waals surface area contributed by atoms with E-state index in [4.69, 9.17) is 4.74 Å². The van der Waals surface area contributed by atoms with Gasteiger partial charge in [-0.25, -0.2) is 10.4 Å². The number of para-hydroxylation sites is 1. The van der Waals surface area contributed by atoms with Crippen LogP contribution in [0.4, 0.5) is 0 Å². The summed E-state index contributed by atoms with van der Waals surface area (Å²) in [7, 11) is 1.66. The van der Waals surface area contributed by atoms with Crippen LogP contribution < -0.4 is 10.2 Å². The Bertz CT molecular complexity index is 1220. The number of benzene rings is 2. The second kappa shape index (κ2) is 10.6. The van der Waals surface area contributed by atoms with Crippen LogP contribution in [0.5, 0.6) is 5.75 Å². The van der Waals surface area contributed by atoms with Gasteiger partial charge in [-0.2, -0.15) is 5.10 Å². The van der Waals surface area contributed by atoms with Crippen LogP contribution in [0.15, 0.2) is 83.2 Å². The largest absolute Gasteiger partial charge is 0.496 e. The number of hydrogen-bond acceptors (Lipinski definition) is 5. The van der Waals surface area contributed by atoms with Crippen molar-refractivity contribution in [2.75, 3.05) is 7.11 Å². The van der Waals surface area contributed by atoms with Crippen molar-refractivity contribution in [1.29, 1.82) is 0 Å². The Morgan fingerprint density at radius 1 is 1.16 bits per heavy atom. The molecule has 0 aliphatic heterocycles. The van der Waals surface area contributed by atoms with Crippen molar-refractivity contribution >= 4 is 34.8 Å². The molecule has 2 N–H and O–H groups in total. The Morgan fingerprint density at radius 3 is 2.88 bits per heavy atom. The third-order valence-electron chi connectivity index (χ3n) is 5.02. The van der Waals surface area contributed by atoms with Gasteiger partial charge in [0.25, 0.3) is 0 Å². The van der Waals surface area contributed by atoms with Crippen molar-refractivity contribution in [2.24, 2.45) is 5.10 Å². The van der Waals surface area contributed by atoms with Gasteiger partial charge in [0.05, 0.1) is 18.4 Å². The highest BCUT2D eigenvalue weighted by Gasteiger charge is 2.07. The van der Waals surface area contributed by atoms with Gasteiger partial charge < -0.3 is 9.72 Å². The van der Waals surface area contributed by atoms with Gasteiger partial charge in [0.1, 0.15) is 5.75 Å². The normalized spacial score (nSPS) is 11.2. The average Bonchev–Trinajstić information content (AvgIpc) is 3.25. The standard InChI is InChI=1S/C25H24N4O2S/c1-31-23-11-9-18(14-20(23)17-32-25-8-4-5-13-26-25)15-28-29-24(30)12-10-19-16-27-22-7-3-2-6-21(19)22/h2-9,11,13-16,27H,10,12,17H2,1H3,(H,29,30)/b28-15-. The average molecular weight is 445 g/mol. The number of hydrogen-bond donors (Lipinski definition) is 2. The summed E-state index contributed by atoms with van der Waals surface area (Å²) >= 11 is 1.64. The zero-order chi connectivity index (χ0) is 22.2. The van der Waals surface area contributed by atoms with E-state index in [9.17, 15) is 4.79 Å². The summed E-state index contributed by atoms with van der Waals surface area (Å²) < 4.78 is 5.48. The molecule has 4 rings (SSSR count). The van der Waals surface area contributed by atoms with Crippen LogP contribution in [0.2, 0.25) is 0 Å². The number of rotatable bonds is 9. The maximum Gasteiger partial charge on any atom is 0.240 e. The third kappa shape index (κ3) is 5.56. The van der Waals surface area contributed by atoms with Gasteiger partial charge in [-0.1, -0.05) is 24.3 Å². The van der Waals surface area contributed by atoms with Crippen molar-refractivity contribution in [3.63, 3.8) is 0 Å². The summed E-state index contributed by atoms with van der Waals surface area (Å²) in [6, 6.07) is 19.8. The number of carbonyl (C=O) groups is 1. The first kappa shape index (κ1) is 21.6. The molecule has 0 saturated heterocycles. The van der Waals surface area contributed by atoms with Crippen molar-refractivity contribution in [3.8, 4) is 5.75 Å². The van der Waals surface area contributed by atoms with Gasteiger partial charge >= 0.3 is 0 Å². The Morgan fingerprint density at radius 2 is 2.03 bits per heavy atom. The summed E-state index contributed by atoms with van der Waals surface area (Å²) in [6.45, 7) is 0. The highest BCUT2D eigenvalue weighted by atomic mass is 32.2. The molecule has 1 amide bonds. The molecule has 162 valence electrons. The lowest BCUT2D eigenvalue weighted by Crippen LogP contribution is -2.17. The number of aromatic nitrogens is 2. The highest BCUT2D eigenvalue weighted by molar-refractivity contribution is 7.98. The van der Waals surface area contributed by atoms with Crippen molar-refractivity contribution in [3.05, 3.63) is 89.7 Å². The molecule has 0 spiro atoms. The summed E-state index contributed by atoms with van der Waals surface area (Å²) in [5, 5.41) is 6.23. The maximum atomic E-state index is 12.2. The van der Waals surface area contributed by atoms with Gasteiger partial charge in [0, 0.05) is 41.0 Å². The van der Waals surface area contributed by atoms with E-state index >= 15 is 0 Å². The van der Waals surface area contributed by atoms with Crippen LogP contribution in [0.25, 0.3) is 10.9 Å². The van der Waals surface area contributed by atoms with Gasteiger partial charge in [0.15, 0.2) is 0 Å². The molecular formula is C25H24N4O2S. The summed E-state index contributed by atoms with van der Waals surface area (Å²) in [5.74, 6) is 1.41. The number of pyridine rings is 1. The highest BCUT2D eigenvalue weighted by Crippen LogP contribution is 2.27. The molecule has 0 bridgehead atoms. The van der Waals surface area contributed by atoms with E-state index in [0.29, 0.717) is 12.8 Å². The second-order valence-corrected chi connectivity index (χ2v) is 8.18. The number of nitrogens with zero attached hydrogens (tertiary/aromatic N) is 2. The number of aromatic amines is 1. The van der Waals surface area contributed by atoms with E-state index in [1.807, 2.05) is 60.8 Å². The number of aryl methyl sites for hydroxylation is 1. The number of thioether (sulfide) groups is 1. The van der Waals surface area contributed by atoms with E-state index in [1.165, 1.54) is 0 Å². The molecule has 2 heterocycles. The SMILES string of the molecule is COc1ccc(/C=N\NC(=O)CCc2c[nH]c3ccccc23)cc1CSc1ccccn1. The van der Waals surface area contributed by atoms with Gasteiger partial charge in [-0.05, 0) is 53.9 Å². The molecule has 6 nitrogen and oxygen atoms in total. The minimum atomic E-state index is -0.119. The van der Waals surface area contributed by atoms with E-state index in [2.05, 4.69) is 26.6 Å². The lowest BCUT2D eigenvalue weighted by Gasteiger charge is -2.09. The van der Waals surface area contributed by atoms with Crippen LogP contribution in [-0.2, 0) is 17.0 Å². The lowest BCUT2D eigenvalue weighted by atomic mass is 10.1. The number of carbonyl (C=O) groups excluding carboxylic acids is 1. The summed E-state index contributed by atoms with van der Waals surface area (Å²) in [4.78, 5) is 19.8. The van der Waals surface area contributed by atoms with E-state index in [-0.39, 0.29) is 5.91 Å². The van der Waals surface area contributed by atoms with Gasteiger partial charge in [-0.15, -0.1) is 11.8 Å². The Labute approximate surface area is 191 Å². The third-order valence-corrected chi connectivity index (χ3v) is 6.01. The molecule has 0 aliphatic rings. The zero-order valence-electron chi connectivity index (χ0n) is 17.7. The predicted molar refractivity (Wildman–Crippen MR) is 129 cm³/mol. The monoisotopic (exact) mass is 444 g/mol. The van der Waals surface area contributed by atoms with E-state index < -0.39 is 0 Å². The molecular weight excluding hydrogens is 420 g/mol. The van der Waals surface area contributed by atoms with Gasteiger partial charge in [-0.3, -0.25) is 4.79 Å². The van der Waals surface area contributed by atoms with E-state index in [0.717, 1.165) is 44.1 Å². The molecule has 0 saturated carbocycles. The first-order chi connectivity index (χ1) is 15.7. The number of methoxy groups -OCH3 is 1. The van der Waals surface area contributed by atoms with Crippen molar-refractivity contribution in [2.45, 2.75) is 23.6 Å². The molecule has 0 fully saturated rings. The molecule has 2 aromatic carbocycles. The fourth-order valence-corrected chi connectivity index (χ4v) is 4.24. The molecule has 2 aromatic heterocycles. The number of hydrazone groups is 1. The van der Waals surface area contributed by atoms with Crippen molar-refractivity contribution < 1.29 is 9.53 Å². The summed E-state index contributed by atoms with van der Waals surface area (Å²) in [6.07, 6.45) is 6.42. The molecule has 0 unspecified atom stereocenters. The fraction of sp³-hybridized carbons (Fsp3) is 0.160. The Balaban J connectivity index is 1.32. The smallest absolute Gasteiger partial charge is 0.240 e. The predicted octanol–water partition coefficient (Wildman–Crippen LogP) is 4.95. The number of fused-ring (bicyclic) bond motifs is 1. The first-order valence-electron chi connectivity index (χ1n) is 10.3. The molecule has 0 radical (unpaired) electrons. The number of amides is 1. The number of H-pyrrole nitrogens is 1. The van der Waals surface area contributed by atoms with Crippen LogP contribution in [0.3, 0.4) is 0 Å². The van der Waals surface area contributed by atoms with Crippen molar-refractivity contribution in [1.82, 2.24) is 15.4 Å². The Hall–Kier alpha value is -3.58.